The van der Waals surface area contributed by atoms with Crippen LogP contribution in [-0.2, 0) is 33.9 Å². The molecule has 0 aromatic rings. The highest BCUT2D eigenvalue weighted by Gasteiger charge is 2.70. The zero-order valence-corrected chi connectivity index (χ0v) is 33.0. The van der Waals surface area contributed by atoms with Gasteiger partial charge < -0.3 is 30.9 Å². The maximum Gasteiger partial charge on any atom is 0.315 e. The number of carbonyl (C=O) groups excluding carboxylic acids is 5. The van der Waals surface area contributed by atoms with Crippen LogP contribution >= 0.6 is 0 Å². The number of fused-ring (bicyclic) bond motifs is 1. The number of hydrogen-bond donors (Lipinski definition) is 4. The van der Waals surface area contributed by atoms with Crippen LogP contribution < -0.4 is 21.3 Å². The average Bonchev–Trinajstić information content (AvgIpc) is 3.98. The Morgan fingerprint density at radius 3 is 2.09 bits per heavy atom. The minimum absolute atomic E-state index is 0.00495. The number of Topliss-reactive ketones (excluding diaryl/α,β-unsaturated/α-hetero) is 1. The molecule has 5 atom stereocenters. The predicted molar refractivity (Wildman–Crippen MR) is 198 cm³/mol. The molecule has 6 fully saturated rings. The van der Waals surface area contributed by atoms with E-state index in [-0.39, 0.29) is 48.0 Å². The van der Waals surface area contributed by atoms with E-state index in [0.29, 0.717) is 58.3 Å². The number of amides is 5. The molecule has 298 valence electrons. The lowest BCUT2D eigenvalue weighted by molar-refractivity contribution is -0.146. The lowest BCUT2D eigenvalue weighted by Gasteiger charge is -2.44. The molecule has 6 rings (SSSR count). The van der Waals surface area contributed by atoms with Crippen molar-refractivity contribution in [1.29, 1.82) is 0 Å². The summed E-state index contributed by atoms with van der Waals surface area (Å²) in [7, 11) is -3.69. The second-order valence-electron chi connectivity index (χ2n) is 17.7. The van der Waals surface area contributed by atoms with Gasteiger partial charge in [0.1, 0.15) is 12.1 Å². The molecule has 0 bridgehead atoms. The smallest absolute Gasteiger partial charge is 0.315 e. The van der Waals surface area contributed by atoms with E-state index in [9.17, 15) is 32.4 Å². The van der Waals surface area contributed by atoms with Crippen molar-refractivity contribution in [3.05, 3.63) is 0 Å². The maximum atomic E-state index is 14.9. The molecule has 6 aliphatic rings. The molecule has 0 unspecified atom stereocenters. The van der Waals surface area contributed by atoms with E-state index in [4.69, 9.17) is 4.74 Å². The van der Waals surface area contributed by atoms with E-state index in [2.05, 4.69) is 35.1 Å². The van der Waals surface area contributed by atoms with Gasteiger partial charge in [-0.3, -0.25) is 19.2 Å². The number of urea groups is 1. The van der Waals surface area contributed by atoms with E-state index in [1.165, 1.54) is 4.31 Å². The number of rotatable bonds is 14. The summed E-state index contributed by atoms with van der Waals surface area (Å²) in [5.74, 6) is -2.42. The Morgan fingerprint density at radius 1 is 0.868 bits per heavy atom. The van der Waals surface area contributed by atoms with Gasteiger partial charge in [0.25, 0.3) is 5.91 Å². The van der Waals surface area contributed by atoms with Crippen molar-refractivity contribution in [1.82, 2.24) is 30.5 Å². The molecule has 5 amide bonds. The number of nitrogens with one attached hydrogen (secondary N) is 4. The number of hydrogen-bond acceptors (Lipinski definition) is 8. The standard InChI is InChI=1S/C38H62N6O8S/c1-5-12-27(30(45)33(47)39-25-13-14-25)40-32(46)29-28-26(36(28,2)3)23-44(29)34(48)31(37(4)15-8-6-9-16-37)41-35(49)42-38(17-10-7-11-18-38)24-53(50,51)43-19-21-52-22-20-43/h25-29,31H,5-24H2,1-4H3,(H,39,47)(H,40,46)(H2,41,42,49)/t26-,27-,28-,29-,31+/m0/s1. The summed E-state index contributed by atoms with van der Waals surface area (Å²) in [4.78, 5) is 70.9. The summed E-state index contributed by atoms with van der Waals surface area (Å²) < 4.78 is 34.1. The van der Waals surface area contributed by atoms with Crippen LogP contribution in [0.5, 0.6) is 0 Å². The first-order chi connectivity index (χ1) is 25.1. The van der Waals surface area contributed by atoms with E-state index in [0.717, 1.165) is 51.4 Å². The molecule has 0 radical (unpaired) electrons. The van der Waals surface area contributed by atoms with Gasteiger partial charge in [-0.05, 0) is 67.6 Å². The summed E-state index contributed by atoms with van der Waals surface area (Å²) in [6.45, 7) is 9.67. The number of ketones is 1. The Bertz CT molecular complexity index is 1510. The molecule has 0 aromatic heterocycles. The fraction of sp³-hybridized carbons (Fsp3) is 0.868. The number of sulfonamides is 1. The fourth-order valence-electron chi connectivity index (χ4n) is 9.83. The number of morpholine rings is 1. The molecule has 0 spiro atoms. The minimum atomic E-state index is -3.69. The largest absolute Gasteiger partial charge is 0.379 e. The van der Waals surface area contributed by atoms with Crippen molar-refractivity contribution in [3.8, 4) is 0 Å². The van der Waals surface area contributed by atoms with Gasteiger partial charge in [-0.15, -0.1) is 0 Å². The molecule has 53 heavy (non-hydrogen) atoms. The van der Waals surface area contributed by atoms with Gasteiger partial charge in [0.05, 0.1) is 30.5 Å². The van der Waals surface area contributed by atoms with Gasteiger partial charge in [0, 0.05) is 25.7 Å². The van der Waals surface area contributed by atoms with Crippen LogP contribution in [0.25, 0.3) is 0 Å². The normalized spacial score (nSPS) is 28.8. The Kier molecular flexibility index (Phi) is 11.9. The SMILES string of the molecule is CCC[C@H](NC(=O)[C@@H]1[C@@H]2[C@H](CN1C(=O)[C@@H](NC(=O)NC1(CS(=O)(=O)N3CCOCC3)CCCCC1)C1(C)CCCCC1)C2(C)C)C(=O)C(=O)NC1CC1. The van der Waals surface area contributed by atoms with Gasteiger partial charge in [-0.2, -0.15) is 4.31 Å². The predicted octanol–water partition coefficient (Wildman–Crippen LogP) is 2.61. The second kappa shape index (κ2) is 15.8. The van der Waals surface area contributed by atoms with Gasteiger partial charge >= 0.3 is 6.03 Å². The molecule has 2 heterocycles. The summed E-state index contributed by atoms with van der Waals surface area (Å²) in [6.07, 6.45) is 10.4. The highest BCUT2D eigenvalue weighted by Crippen LogP contribution is 2.65. The third-order valence-corrected chi connectivity index (χ3v) is 15.4. The number of carbonyl (C=O) groups is 5. The average molecular weight is 763 g/mol. The third-order valence-electron chi connectivity index (χ3n) is 13.3. The summed E-state index contributed by atoms with van der Waals surface area (Å²) >= 11 is 0. The molecule has 14 nitrogen and oxygen atoms in total. The Balaban J connectivity index is 1.22. The lowest BCUT2D eigenvalue weighted by Crippen LogP contribution is -2.65. The minimum Gasteiger partial charge on any atom is -0.379 e. The van der Waals surface area contributed by atoms with Crippen LogP contribution in [0.2, 0.25) is 0 Å². The fourth-order valence-corrected chi connectivity index (χ4v) is 11.8. The van der Waals surface area contributed by atoms with Gasteiger partial charge in [0.15, 0.2) is 0 Å². The van der Waals surface area contributed by atoms with Crippen LogP contribution in [0.1, 0.15) is 118 Å². The second-order valence-corrected chi connectivity index (χ2v) is 19.7. The number of ether oxygens (including phenoxy) is 1. The van der Waals surface area contributed by atoms with Crippen molar-refractivity contribution in [2.45, 2.75) is 147 Å². The molecular formula is C38H62N6O8S. The molecule has 2 saturated heterocycles. The van der Waals surface area contributed by atoms with Gasteiger partial charge in [-0.1, -0.05) is 72.6 Å². The summed E-state index contributed by atoms with van der Waals surface area (Å²) in [5, 5.41) is 11.8. The van der Waals surface area contributed by atoms with E-state index >= 15 is 0 Å². The van der Waals surface area contributed by atoms with Gasteiger partial charge in [-0.25, -0.2) is 13.2 Å². The number of nitrogens with zero attached hydrogens (tertiary/aromatic N) is 2. The van der Waals surface area contributed by atoms with Crippen molar-refractivity contribution in [2.75, 3.05) is 38.6 Å². The van der Waals surface area contributed by atoms with Gasteiger partial charge in [0.2, 0.25) is 27.6 Å². The molecule has 4 saturated carbocycles. The molecule has 4 N–H and O–H groups in total. The number of piperidine rings is 1. The highest BCUT2D eigenvalue weighted by atomic mass is 32.2. The highest BCUT2D eigenvalue weighted by molar-refractivity contribution is 7.89. The van der Waals surface area contributed by atoms with E-state index < -0.39 is 62.7 Å². The quantitative estimate of drug-likeness (QED) is 0.195. The Morgan fingerprint density at radius 2 is 1.49 bits per heavy atom. The monoisotopic (exact) mass is 762 g/mol. The van der Waals surface area contributed by atoms with Crippen LogP contribution in [0.15, 0.2) is 0 Å². The Labute approximate surface area is 315 Å². The van der Waals surface area contributed by atoms with Crippen LogP contribution in [0.4, 0.5) is 4.79 Å². The molecule has 2 aliphatic heterocycles. The summed E-state index contributed by atoms with van der Waals surface area (Å²) in [6, 6.07) is -3.38. The lowest BCUT2D eigenvalue weighted by atomic mass is 9.70. The van der Waals surface area contributed by atoms with Crippen molar-refractivity contribution in [3.63, 3.8) is 0 Å². The maximum absolute atomic E-state index is 14.9. The molecular weight excluding hydrogens is 701 g/mol. The van der Waals surface area contributed by atoms with Crippen molar-refractivity contribution in [2.24, 2.45) is 22.7 Å². The van der Waals surface area contributed by atoms with Crippen molar-refractivity contribution >= 4 is 39.6 Å². The zero-order valence-electron chi connectivity index (χ0n) is 32.2. The topological polar surface area (TPSA) is 183 Å². The van der Waals surface area contributed by atoms with Crippen LogP contribution in [-0.4, -0.2) is 115 Å². The van der Waals surface area contributed by atoms with Crippen LogP contribution in [0.3, 0.4) is 0 Å². The zero-order chi connectivity index (χ0) is 38.2. The van der Waals surface area contributed by atoms with Crippen LogP contribution in [0, 0.1) is 22.7 Å². The Hall–Kier alpha value is -2.78. The third kappa shape index (κ3) is 8.71. The first kappa shape index (κ1) is 39.9. The first-order valence-electron chi connectivity index (χ1n) is 20.2. The molecule has 0 aromatic carbocycles. The van der Waals surface area contributed by atoms with E-state index in [1.807, 2.05) is 13.8 Å². The van der Waals surface area contributed by atoms with E-state index in [1.54, 1.807) is 4.90 Å². The summed E-state index contributed by atoms with van der Waals surface area (Å²) in [5.41, 5.74) is -1.76. The first-order valence-corrected chi connectivity index (χ1v) is 21.8. The number of likely N-dealkylation sites (tertiary alicyclic amines) is 1. The van der Waals surface area contributed by atoms with Crippen molar-refractivity contribution < 1.29 is 37.1 Å². The molecule has 15 heteroatoms. The molecule has 4 aliphatic carbocycles.